The van der Waals surface area contributed by atoms with Crippen molar-refractivity contribution in [1.82, 2.24) is 14.7 Å². The van der Waals surface area contributed by atoms with E-state index >= 15 is 0 Å². The zero-order valence-electron chi connectivity index (χ0n) is 12.3. The Hall–Kier alpha value is -2.63. The van der Waals surface area contributed by atoms with Crippen molar-refractivity contribution in [2.75, 3.05) is 5.32 Å². The second-order valence-electron chi connectivity index (χ2n) is 5.65. The first kappa shape index (κ1) is 13.1. The quantitative estimate of drug-likeness (QED) is 0.789. The molecule has 1 N–H and O–H groups in total. The minimum absolute atomic E-state index is 0.214. The summed E-state index contributed by atoms with van der Waals surface area (Å²) in [6.45, 7) is 0. The Morgan fingerprint density at radius 1 is 1.32 bits per heavy atom. The zero-order chi connectivity index (χ0) is 15.1. The summed E-state index contributed by atoms with van der Waals surface area (Å²) in [6.07, 6.45) is 5.67. The second-order valence-corrected chi connectivity index (χ2v) is 5.65. The van der Waals surface area contributed by atoms with E-state index < -0.39 is 0 Å². The molecule has 112 valence electrons. The van der Waals surface area contributed by atoms with Crippen molar-refractivity contribution in [3.63, 3.8) is 0 Å². The number of amides is 1. The van der Waals surface area contributed by atoms with Gasteiger partial charge in [-0.15, -0.1) is 0 Å². The number of carbonyl (C=O) groups is 1. The number of nitrogens with zero attached hydrogens (tertiary/aromatic N) is 3. The van der Waals surface area contributed by atoms with Crippen molar-refractivity contribution in [2.45, 2.75) is 25.7 Å². The number of carbonyl (C=O) groups excluding carboxylic acids is 1. The lowest BCUT2D eigenvalue weighted by Gasteiger charge is -2.09. The van der Waals surface area contributed by atoms with Gasteiger partial charge in [-0.25, -0.2) is 4.98 Å². The third-order valence-corrected chi connectivity index (χ3v) is 4.15. The Labute approximate surface area is 127 Å². The number of rotatable bonds is 2. The number of hydrogen-bond donors (Lipinski definition) is 1. The number of aryl methyl sites for hydroxylation is 2. The molecule has 3 aromatic rings. The number of hydrogen-bond acceptors (Lipinski definition) is 4. The number of imidazole rings is 1. The molecule has 22 heavy (non-hydrogen) atoms. The standard InChI is InChI=1S/C16H16N4O2/c1-20-9-17-12-7-6-10(8-13(12)20)18-16(21)15-11-4-2-3-5-14(11)22-19-15/h6-9H,2-5H2,1H3,(H,18,21). The van der Waals surface area contributed by atoms with E-state index in [2.05, 4.69) is 15.5 Å². The fraction of sp³-hybridized carbons (Fsp3) is 0.312. The van der Waals surface area contributed by atoms with Gasteiger partial charge in [-0.1, -0.05) is 5.16 Å². The maximum absolute atomic E-state index is 12.5. The Kier molecular flexibility index (Phi) is 2.96. The van der Waals surface area contributed by atoms with Crippen LogP contribution in [0.1, 0.15) is 34.7 Å². The number of fused-ring (bicyclic) bond motifs is 2. The molecule has 0 fully saturated rings. The van der Waals surface area contributed by atoms with Gasteiger partial charge in [0, 0.05) is 24.7 Å². The lowest BCUT2D eigenvalue weighted by molar-refractivity contribution is 0.101. The Morgan fingerprint density at radius 3 is 3.09 bits per heavy atom. The monoisotopic (exact) mass is 296 g/mol. The SMILES string of the molecule is Cn1cnc2ccc(NC(=O)c3noc4c3CCCC4)cc21. The molecular formula is C16H16N4O2. The summed E-state index contributed by atoms with van der Waals surface area (Å²) >= 11 is 0. The molecule has 1 amide bonds. The average molecular weight is 296 g/mol. The lowest BCUT2D eigenvalue weighted by atomic mass is 9.96. The summed E-state index contributed by atoms with van der Waals surface area (Å²) in [5.41, 5.74) is 3.98. The van der Waals surface area contributed by atoms with E-state index in [0.717, 1.165) is 53.7 Å². The summed E-state index contributed by atoms with van der Waals surface area (Å²) < 4.78 is 7.22. The maximum Gasteiger partial charge on any atom is 0.278 e. The largest absolute Gasteiger partial charge is 0.360 e. The van der Waals surface area contributed by atoms with Gasteiger partial charge in [0.25, 0.3) is 5.91 Å². The molecule has 0 saturated carbocycles. The van der Waals surface area contributed by atoms with Crippen LogP contribution in [-0.2, 0) is 19.9 Å². The normalized spacial score (nSPS) is 14.0. The minimum atomic E-state index is -0.214. The summed E-state index contributed by atoms with van der Waals surface area (Å²) in [4.78, 5) is 16.7. The Bertz CT molecular complexity index is 862. The number of anilines is 1. The van der Waals surface area contributed by atoms with Crippen LogP contribution < -0.4 is 5.32 Å². The van der Waals surface area contributed by atoms with E-state index in [9.17, 15) is 4.79 Å². The van der Waals surface area contributed by atoms with Gasteiger partial charge in [0.1, 0.15) is 5.76 Å². The van der Waals surface area contributed by atoms with Gasteiger partial charge in [-0.2, -0.15) is 0 Å². The van der Waals surface area contributed by atoms with E-state index in [-0.39, 0.29) is 5.91 Å². The number of aromatic nitrogens is 3. The highest BCUT2D eigenvalue weighted by Crippen LogP contribution is 2.25. The van der Waals surface area contributed by atoms with Gasteiger partial charge < -0.3 is 14.4 Å². The predicted octanol–water partition coefficient (Wildman–Crippen LogP) is 2.69. The molecule has 0 saturated heterocycles. The van der Waals surface area contributed by atoms with Gasteiger partial charge >= 0.3 is 0 Å². The van der Waals surface area contributed by atoms with Crippen molar-refractivity contribution >= 4 is 22.6 Å². The van der Waals surface area contributed by atoms with Gasteiger partial charge in [-0.05, 0) is 37.5 Å². The van der Waals surface area contributed by atoms with Crippen LogP contribution in [0.4, 0.5) is 5.69 Å². The van der Waals surface area contributed by atoms with Crippen LogP contribution in [0.3, 0.4) is 0 Å². The smallest absolute Gasteiger partial charge is 0.278 e. The van der Waals surface area contributed by atoms with Crippen LogP contribution in [0.5, 0.6) is 0 Å². The molecule has 1 aliphatic carbocycles. The van der Waals surface area contributed by atoms with E-state index in [1.807, 2.05) is 29.8 Å². The van der Waals surface area contributed by atoms with E-state index in [4.69, 9.17) is 4.52 Å². The maximum atomic E-state index is 12.5. The van der Waals surface area contributed by atoms with Gasteiger partial charge in [-0.3, -0.25) is 4.79 Å². The minimum Gasteiger partial charge on any atom is -0.360 e. The molecule has 1 aromatic carbocycles. The summed E-state index contributed by atoms with van der Waals surface area (Å²) in [6, 6.07) is 5.65. The van der Waals surface area contributed by atoms with Crippen LogP contribution in [-0.4, -0.2) is 20.6 Å². The first-order chi connectivity index (χ1) is 10.7. The first-order valence-electron chi connectivity index (χ1n) is 7.42. The fourth-order valence-electron chi connectivity index (χ4n) is 2.96. The topological polar surface area (TPSA) is 73.0 Å². The molecule has 4 rings (SSSR count). The van der Waals surface area contributed by atoms with Crippen molar-refractivity contribution in [3.8, 4) is 0 Å². The van der Waals surface area contributed by atoms with Crippen LogP contribution in [0.25, 0.3) is 11.0 Å². The van der Waals surface area contributed by atoms with Crippen molar-refractivity contribution in [1.29, 1.82) is 0 Å². The van der Waals surface area contributed by atoms with E-state index in [0.29, 0.717) is 5.69 Å². The first-order valence-corrected chi connectivity index (χ1v) is 7.42. The predicted molar refractivity (Wildman–Crippen MR) is 81.8 cm³/mol. The van der Waals surface area contributed by atoms with Crippen LogP contribution >= 0.6 is 0 Å². The summed E-state index contributed by atoms with van der Waals surface area (Å²) in [5, 5.41) is 6.86. The number of benzene rings is 1. The van der Waals surface area contributed by atoms with Crippen molar-refractivity contribution in [3.05, 3.63) is 41.5 Å². The molecule has 6 nitrogen and oxygen atoms in total. The Morgan fingerprint density at radius 2 is 2.18 bits per heavy atom. The van der Waals surface area contributed by atoms with Crippen molar-refractivity contribution in [2.24, 2.45) is 7.05 Å². The molecule has 0 unspecified atom stereocenters. The zero-order valence-corrected chi connectivity index (χ0v) is 12.3. The second kappa shape index (κ2) is 4.98. The molecule has 0 atom stereocenters. The van der Waals surface area contributed by atoms with Crippen molar-refractivity contribution < 1.29 is 9.32 Å². The molecule has 6 heteroatoms. The van der Waals surface area contributed by atoms with Crippen LogP contribution in [0.15, 0.2) is 29.0 Å². The van der Waals surface area contributed by atoms with Crippen LogP contribution in [0.2, 0.25) is 0 Å². The lowest BCUT2D eigenvalue weighted by Crippen LogP contribution is -2.15. The van der Waals surface area contributed by atoms with Crippen LogP contribution in [0, 0.1) is 0 Å². The fourth-order valence-corrected chi connectivity index (χ4v) is 2.96. The molecule has 0 bridgehead atoms. The third kappa shape index (κ3) is 2.07. The molecule has 0 radical (unpaired) electrons. The molecule has 2 heterocycles. The highest BCUT2D eigenvalue weighted by molar-refractivity contribution is 6.04. The number of nitrogens with one attached hydrogen (secondary N) is 1. The molecule has 1 aliphatic rings. The molecule has 0 aliphatic heterocycles. The molecular weight excluding hydrogens is 280 g/mol. The Balaban J connectivity index is 1.63. The van der Waals surface area contributed by atoms with E-state index in [1.165, 1.54) is 0 Å². The molecule has 2 aromatic heterocycles. The van der Waals surface area contributed by atoms with Gasteiger partial charge in [0.15, 0.2) is 5.69 Å². The van der Waals surface area contributed by atoms with E-state index in [1.54, 1.807) is 6.33 Å². The molecule has 0 spiro atoms. The van der Waals surface area contributed by atoms with Gasteiger partial charge in [0.05, 0.1) is 17.4 Å². The highest BCUT2D eigenvalue weighted by Gasteiger charge is 2.24. The summed E-state index contributed by atoms with van der Waals surface area (Å²) in [7, 11) is 1.93. The average Bonchev–Trinajstić information content (AvgIpc) is 3.12. The summed E-state index contributed by atoms with van der Waals surface area (Å²) in [5.74, 6) is 0.645. The third-order valence-electron chi connectivity index (χ3n) is 4.15. The highest BCUT2D eigenvalue weighted by atomic mass is 16.5. The van der Waals surface area contributed by atoms with Gasteiger partial charge in [0.2, 0.25) is 0 Å².